The Kier molecular flexibility index (Phi) is 7.55. The molecule has 0 atom stereocenters. The molecule has 0 unspecified atom stereocenters. The quantitative estimate of drug-likeness (QED) is 0.704. The van der Waals surface area contributed by atoms with Crippen LogP contribution in [0.2, 0.25) is 0 Å². The second-order valence-electron chi connectivity index (χ2n) is 9.24. The normalized spacial score (nSPS) is 19.0. The Balaban J connectivity index is 1.55. The van der Waals surface area contributed by atoms with Crippen LogP contribution in [0, 0.1) is 0 Å². The fourth-order valence-electron chi connectivity index (χ4n) is 4.05. The molecule has 0 saturated heterocycles. The van der Waals surface area contributed by atoms with Gasteiger partial charge in [-0.1, -0.05) is 6.07 Å². The minimum atomic E-state index is -0.464. The molecule has 168 valence electrons. The third-order valence-electron chi connectivity index (χ3n) is 5.80. The Morgan fingerprint density at radius 2 is 1.77 bits per heavy atom. The number of carbonyl (C=O) groups excluding carboxylic acids is 1. The van der Waals surface area contributed by atoms with Gasteiger partial charge in [0.2, 0.25) is 0 Å². The van der Waals surface area contributed by atoms with Gasteiger partial charge in [0.1, 0.15) is 11.4 Å². The van der Waals surface area contributed by atoms with E-state index in [1.54, 1.807) is 12.0 Å². The lowest BCUT2D eigenvalue weighted by Crippen LogP contribution is -2.44. The van der Waals surface area contributed by atoms with Gasteiger partial charge in [0.05, 0.1) is 7.11 Å². The molecule has 1 amide bonds. The number of methoxy groups -OCH3 is 1. The molecule has 6 heteroatoms. The predicted molar refractivity (Wildman–Crippen MR) is 123 cm³/mol. The number of nitrogens with zero attached hydrogens (tertiary/aromatic N) is 2. The second kappa shape index (κ2) is 10.1. The summed E-state index contributed by atoms with van der Waals surface area (Å²) in [7, 11) is 3.56. The minimum absolute atomic E-state index is 0.234. The van der Waals surface area contributed by atoms with Gasteiger partial charge in [-0.2, -0.15) is 0 Å². The Morgan fingerprint density at radius 3 is 2.39 bits per heavy atom. The number of rotatable bonds is 6. The van der Waals surface area contributed by atoms with Crippen LogP contribution in [-0.2, 0) is 11.3 Å². The van der Waals surface area contributed by atoms with Gasteiger partial charge < -0.3 is 19.7 Å². The molecule has 1 fully saturated rings. The first-order valence-electron chi connectivity index (χ1n) is 11.0. The van der Waals surface area contributed by atoms with E-state index in [9.17, 15) is 4.79 Å². The van der Waals surface area contributed by atoms with Gasteiger partial charge in [0.15, 0.2) is 0 Å². The van der Waals surface area contributed by atoms with Crippen molar-refractivity contribution in [1.82, 2.24) is 15.2 Å². The van der Waals surface area contributed by atoms with Crippen LogP contribution in [0.3, 0.4) is 0 Å². The number of aromatic nitrogens is 1. The van der Waals surface area contributed by atoms with Crippen molar-refractivity contribution in [3.05, 3.63) is 48.3 Å². The number of nitrogens with one attached hydrogen (secondary N) is 1. The molecular formula is C25H35N3O3. The number of benzene rings is 1. The summed E-state index contributed by atoms with van der Waals surface area (Å²) in [5, 5.41) is 3.69. The zero-order chi connectivity index (χ0) is 22.4. The van der Waals surface area contributed by atoms with E-state index in [1.807, 2.05) is 58.4 Å². The first kappa shape index (κ1) is 23.1. The highest BCUT2D eigenvalue weighted by atomic mass is 16.6. The molecule has 3 rings (SSSR count). The third-order valence-corrected chi connectivity index (χ3v) is 5.80. The van der Waals surface area contributed by atoms with Crippen LogP contribution < -0.4 is 10.1 Å². The smallest absolute Gasteiger partial charge is 0.410 e. The van der Waals surface area contributed by atoms with E-state index in [2.05, 4.69) is 22.4 Å². The molecule has 1 aliphatic rings. The number of hydrogen-bond acceptors (Lipinski definition) is 5. The summed E-state index contributed by atoms with van der Waals surface area (Å²) in [5.41, 5.74) is 2.98. The monoisotopic (exact) mass is 425 g/mol. The predicted octanol–water partition coefficient (Wildman–Crippen LogP) is 5.02. The van der Waals surface area contributed by atoms with Gasteiger partial charge in [-0.15, -0.1) is 0 Å². The fraction of sp³-hybridized carbons (Fsp3) is 0.520. The first-order valence-corrected chi connectivity index (χ1v) is 11.0. The molecule has 2 aromatic rings. The summed E-state index contributed by atoms with van der Waals surface area (Å²) in [6.45, 7) is 6.45. The van der Waals surface area contributed by atoms with Crippen molar-refractivity contribution < 1.29 is 14.3 Å². The van der Waals surface area contributed by atoms with Crippen LogP contribution in [0.1, 0.15) is 52.0 Å². The molecular weight excluding hydrogens is 390 g/mol. The second-order valence-corrected chi connectivity index (χ2v) is 9.24. The summed E-state index contributed by atoms with van der Waals surface area (Å²) >= 11 is 0. The number of pyridine rings is 1. The average Bonchev–Trinajstić information content (AvgIpc) is 2.76. The highest BCUT2D eigenvalue weighted by Gasteiger charge is 2.29. The van der Waals surface area contributed by atoms with Gasteiger partial charge in [0.25, 0.3) is 0 Å². The van der Waals surface area contributed by atoms with E-state index in [0.29, 0.717) is 6.04 Å². The zero-order valence-electron chi connectivity index (χ0n) is 19.4. The van der Waals surface area contributed by atoms with Gasteiger partial charge >= 0.3 is 6.09 Å². The van der Waals surface area contributed by atoms with Gasteiger partial charge in [-0.05, 0) is 81.8 Å². The third kappa shape index (κ3) is 6.44. The molecule has 0 bridgehead atoms. The van der Waals surface area contributed by atoms with Gasteiger partial charge in [0, 0.05) is 43.6 Å². The van der Waals surface area contributed by atoms with Crippen LogP contribution in [0.5, 0.6) is 5.75 Å². The Bertz CT molecular complexity index is 856. The van der Waals surface area contributed by atoms with E-state index >= 15 is 0 Å². The lowest BCUT2D eigenvalue weighted by molar-refractivity contribution is 0.0179. The van der Waals surface area contributed by atoms with Gasteiger partial charge in [-0.3, -0.25) is 4.98 Å². The van der Waals surface area contributed by atoms with E-state index in [4.69, 9.17) is 9.47 Å². The Labute approximate surface area is 186 Å². The number of amides is 1. The zero-order valence-corrected chi connectivity index (χ0v) is 19.4. The van der Waals surface area contributed by atoms with Gasteiger partial charge in [-0.25, -0.2) is 4.79 Å². The van der Waals surface area contributed by atoms with Crippen molar-refractivity contribution in [2.45, 2.75) is 70.7 Å². The average molecular weight is 426 g/mol. The molecule has 0 radical (unpaired) electrons. The van der Waals surface area contributed by atoms with E-state index < -0.39 is 5.60 Å². The molecule has 1 saturated carbocycles. The van der Waals surface area contributed by atoms with E-state index in [1.165, 1.54) is 0 Å². The fourth-order valence-corrected chi connectivity index (χ4v) is 4.05. The summed E-state index contributed by atoms with van der Waals surface area (Å²) < 4.78 is 11.1. The Morgan fingerprint density at radius 1 is 1.10 bits per heavy atom. The molecule has 1 aromatic heterocycles. The van der Waals surface area contributed by atoms with E-state index in [0.717, 1.165) is 54.7 Å². The lowest BCUT2D eigenvalue weighted by atomic mass is 9.90. The first-order chi connectivity index (χ1) is 14.8. The number of hydrogen-bond donors (Lipinski definition) is 1. The van der Waals surface area contributed by atoms with Crippen molar-refractivity contribution >= 4 is 6.09 Å². The van der Waals surface area contributed by atoms with Crippen LogP contribution in [-0.4, -0.2) is 47.8 Å². The van der Waals surface area contributed by atoms with Crippen LogP contribution >= 0.6 is 0 Å². The summed E-state index contributed by atoms with van der Waals surface area (Å²) in [6, 6.07) is 11.0. The molecule has 1 N–H and O–H groups in total. The SMILES string of the molecule is COc1ccc(-c2ccncc2)cc1CNC1CCC(N(C)C(=O)OC(C)(C)C)CC1. The topological polar surface area (TPSA) is 63.7 Å². The largest absolute Gasteiger partial charge is 0.496 e. The van der Waals surface area contributed by atoms with Crippen molar-refractivity contribution in [1.29, 1.82) is 0 Å². The molecule has 0 spiro atoms. The highest BCUT2D eigenvalue weighted by molar-refractivity contribution is 5.68. The maximum Gasteiger partial charge on any atom is 0.410 e. The molecule has 1 heterocycles. The minimum Gasteiger partial charge on any atom is -0.496 e. The van der Waals surface area contributed by atoms with Crippen LogP contribution in [0.4, 0.5) is 4.79 Å². The Hall–Kier alpha value is -2.60. The molecule has 31 heavy (non-hydrogen) atoms. The standard InChI is InChI=1S/C25H35N3O3/c1-25(2,3)31-24(29)28(4)22-9-7-21(8-10-22)27-17-20-16-19(6-11-23(20)30-5)18-12-14-26-15-13-18/h6,11-16,21-22,27H,7-10,17H2,1-5H3. The van der Waals surface area contributed by atoms with Crippen LogP contribution in [0.15, 0.2) is 42.7 Å². The summed E-state index contributed by atoms with van der Waals surface area (Å²) in [6.07, 6.45) is 7.40. The summed E-state index contributed by atoms with van der Waals surface area (Å²) in [5.74, 6) is 0.892. The van der Waals surface area contributed by atoms with Crippen molar-refractivity contribution in [3.8, 4) is 16.9 Å². The maximum absolute atomic E-state index is 12.3. The molecule has 1 aromatic carbocycles. The highest BCUT2D eigenvalue weighted by Crippen LogP contribution is 2.28. The number of ether oxygens (including phenoxy) is 2. The van der Waals surface area contributed by atoms with Crippen molar-refractivity contribution in [3.63, 3.8) is 0 Å². The molecule has 1 aliphatic carbocycles. The van der Waals surface area contributed by atoms with Crippen LogP contribution in [0.25, 0.3) is 11.1 Å². The van der Waals surface area contributed by atoms with E-state index in [-0.39, 0.29) is 12.1 Å². The van der Waals surface area contributed by atoms with Crippen molar-refractivity contribution in [2.24, 2.45) is 0 Å². The molecule has 6 nitrogen and oxygen atoms in total. The number of carbonyl (C=O) groups is 1. The van der Waals surface area contributed by atoms with Crippen molar-refractivity contribution in [2.75, 3.05) is 14.2 Å². The lowest BCUT2D eigenvalue weighted by Gasteiger charge is -2.36. The summed E-state index contributed by atoms with van der Waals surface area (Å²) in [4.78, 5) is 18.2. The molecule has 0 aliphatic heterocycles. The maximum atomic E-state index is 12.3.